The van der Waals surface area contributed by atoms with Gasteiger partial charge in [0, 0.05) is 12.6 Å². The molecule has 2 heteroatoms. The van der Waals surface area contributed by atoms with Crippen LogP contribution in [-0.4, -0.2) is 30.3 Å². The maximum atomic E-state index is 4.48. The summed E-state index contributed by atoms with van der Waals surface area (Å²) in [5.74, 6) is 2.72. The molecule has 3 atom stereocenters. The Morgan fingerprint density at radius 1 is 1.31 bits per heavy atom. The van der Waals surface area contributed by atoms with E-state index in [4.69, 9.17) is 0 Å². The van der Waals surface area contributed by atoms with Crippen LogP contribution in [-0.2, 0) is 0 Å². The summed E-state index contributed by atoms with van der Waals surface area (Å²) in [4.78, 5) is 2.61. The lowest BCUT2D eigenvalue weighted by atomic mass is 9.84. The molecular formula is C14H29NS. The zero-order chi connectivity index (χ0) is 12.0. The first-order valence-corrected chi connectivity index (χ1v) is 7.63. The monoisotopic (exact) mass is 243 g/mol. The van der Waals surface area contributed by atoms with Gasteiger partial charge in [-0.15, -0.1) is 0 Å². The van der Waals surface area contributed by atoms with Crippen molar-refractivity contribution < 1.29 is 0 Å². The van der Waals surface area contributed by atoms with Crippen LogP contribution >= 0.6 is 12.6 Å². The molecule has 0 aromatic heterocycles. The van der Waals surface area contributed by atoms with E-state index in [9.17, 15) is 0 Å². The smallest absolute Gasteiger partial charge is 0.0118 e. The Morgan fingerprint density at radius 3 is 2.56 bits per heavy atom. The van der Waals surface area contributed by atoms with Crippen molar-refractivity contribution in [1.82, 2.24) is 4.90 Å². The molecule has 0 aromatic rings. The van der Waals surface area contributed by atoms with Gasteiger partial charge in [0.1, 0.15) is 0 Å². The zero-order valence-electron chi connectivity index (χ0n) is 11.3. The summed E-state index contributed by atoms with van der Waals surface area (Å²) in [6.45, 7) is 5.95. The van der Waals surface area contributed by atoms with E-state index >= 15 is 0 Å². The molecule has 1 aliphatic rings. The van der Waals surface area contributed by atoms with E-state index in [1.807, 2.05) is 0 Å². The predicted molar refractivity (Wildman–Crippen MR) is 76.3 cm³/mol. The van der Waals surface area contributed by atoms with E-state index in [-0.39, 0.29) is 0 Å². The Morgan fingerprint density at radius 2 is 2.00 bits per heavy atom. The number of hydrogen-bond acceptors (Lipinski definition) is 2. The second-order valence-corrected chi connectivity index (χ2v) is 5.97. The van der Waals surface area contributed by atoms with Gasteiger partial charge in [0.2, 0.25) is 0 Å². The fraction of sp³-hybridized carbons (Fsp3) is 1.00. The SMILES string of the molecule is CCCC(CS)CN(C)C1CCCCC1C. The first-order chi connectivity index (χ1) is 7.69. The van der Waals surface area contributed by atoms with Crippen LogP contribution in [0.2, 0.25) is 0 Å². The Hall–Kier alpha value is 0.310. The molecule has 0 amide bonds. The lowest BCUT2D eigenvalue weighted by Gasteiger charge is -2.37. The van der Waals surface area contributed by atoms with Gasteiger partial charge >= 0.3 is 0 Å². The van der Waals surface area contributed by atoms with Gasteiger partial charge in [-0.25, -0.2) is 0 Å². The first-order valence-electron chi connectivity index (χ1n) is 7.00. The van der Waals surface area contributed by atoms with Crippen LogP contribution in [0, 0.1) is 11.8 Å². The van der Waals surface area contributed by atoms with Crippen LogP contribution in [0.25, 0.3) is 0 Å². The highest BCUT2D eigenvalue weighted by atomic mass is 32.1. The Bertz CT molecular complexity index is 184. The van der Waals surface area contributed by atoms with Crippen molar-refractivity contribution in [1.29, 1.82) is 0 Å². The summed E-state index contributed by atoms with van der Waals surface area (Å²) in [6, 6.07) is 0.827. The van der Waals surface area contributed by atoms with Crippen molar-refractivity contribution in [3.8, 4) is 0 Å². The van der Waals surface area contributed by atoms with Crippen LogP contribution in [0.5, 0.6) is 0 Å². The predicted octanol–water partition coefficient (Wildman–Crippen LogP) is 3.84. The van der Waals surface area contributed by atoms with Crippen LogP contribution in [0.4, 0.5) is 0 Å². The van der Waals surface area contributed by atoms with Crippen molar-refractivity contribution in [2.45, 2.75) is 58.4 Å². The molecule has 1 rings (SSSR count). The molecule has 1 nitrogen and oxygen atoms in total. The molecule has 0 aromatic carbocycles. The minimum Gasteiger partial charge on any atom is -0.303 e. The molecule has 0 spiro atoms. The largest absolute Gasteiger partial charge is 0.303 e. The van der Waals surface area contributed by atoms with E-state index in [1.165, 1.54) is 45.1 Å². The molecule has 1 aliphatic carbocycles. The molecule has 0 saturated heterocycles. The minimum absolute atomic E-state index is 0.785. The third-order valence-electron chi connectivity index (χ3n) is 4.13. The molecule has 3 unspecified atom stereocenters. The topological polar surface area (TPSA) is 3.24 Å². The van der Waals surface area contributed by atoms with Crippen LogP contribution in [0.15, 0.2) is 0 Å². The van der Waals surface area contributed by atoms with Crippen LogP contribution in [0.3, 0.4) is 0 Å². The highest BCUT2D eigenvalue weighted by Gasteiger charge is 2.25. The van der Waals surface area contributed by atoms with Crippen molar-refractivity contribution in [3.05, 3.63) is 0 Å². The second-order valence-electron chi connectivity index (χ2n) is 5.61. The Balaban J connectivity index is 2.39. The quantitative estimate of drug-likeness (QED) is 0.694. The van der Waals surface area contributed by atoms with Gasteiger partial charge in [-0.05, 0) is 43.9 Å². The number of rotatable bonds is 6. The van der Waals surface area contributed by atoms with E-state index in [1.54, 1.807) is 0 Å². The fourth-order valence-corrected chi connectivity index (χ4v) is 3.44. The van der Waals surface area contributed by atoms with Gasteiger partial charge < -0.3 is 4.90 Å². The maximum absolute atomic E-state index is 4.48. The van der Waals surface area contributed by atoms with Crippen molar-refractivity contribution in [2.24, 2.45) is 11.8 Å². The minimum atomic E-state index is 0.785. The van der Waals surface area contributed by atoms with Gasteiger partial charge in [0.15, 0.2) is 0 Å². The molecule has 0 aliphatic heterocycles. The van der Waals surface area contributed by atoms with Gasteiger partial charge in [0.25, 0.3) is 0 Å². The molecule has 0 radical (unpaired) electrons. The number of thiol groups is 1. The molecule has 0 N–H and O–H groups in total. The maximum Gasteiger partial charge on any atom is 0.0118 e. The molecule has 0 bridgehead atoms. The molecule has 96 valence electrons. The summed E-state index contributed by atoms with van der Waals surface area (Å²) in [6.07, 6.45) is 8.32. The van der Waals surface area contributed by atoms with E-state index in [0.717, 1.165) is 23.6 Å². The van der Waals surface area contributed by atoms with Crippen LogP contribution in [0.1, 0.15) is 52.4 Å². The van der Waals surface area contributed by atoms with E-state index in [0.29, 0.717) is 0 Å². The van der Waals surface area contributed by atoms with E-state index < -0.39 is 0 Å². The van der Waals surface area contributed by atoms with E-state index in [2.05, 4.69) is 38.4 Å². The molecule has 16 heavy (non-hydrogen) atoms. The molecular weight excluding hydrogens is 214 g/mol. The van der Waals surface area contributed by atoms with Gasteiger partial charge in [-0.1, -0.05) is 33.1 Å². The Kier molecular flexibility index (Phi) is 6.83. The highest BCUT2D eigenvalue weighted by Crippen LogP contribution is 2.28. The highest BCUT2D eigenvalue weighted by molar-refractivity contribution is 7.80. The Labute approximate surface area is 107 Å². The first kappa shape index (κ1) is 14.4. The normalized spacial score (nSPS) is 28.3. The average molecular weight is 243 g/mol. The third kappa shape index (κ3) is 4.29. The summed E-state index contributed by atoms with van der Waals surface area (Å²) in [7, 11) is 2.32. The third-order valence-corrected chi connectivity index (χ3v) is 4.65. The number of nitrogens with zero attached hydrogens (tertiary/aromatic N) is 1. The lowest BCUT2D eigenvalue weighted by molar-refractivity contribution is 0.123. The summed E-state index contributed by atoms with van der Waals surface area (Å²) < 4.78 is 0. The number of hydrogen-bond donors (Lipinski definition) is 1. The van der Waals surface area contributed by atoms with Crippen molar-refractivity contribution in [3.63, 3.8) is 0 Å². The average Bonchev–Trinajstić information content (AvgIpc) is 2.28. The molecule has 1 saturated carbocycles. The lowest BCUT2D eigenvalue weighted by Crippen LogP contribution is -2.41. The van der Waals surface area contributed by atoms with Crippen molar-refractivity contribution in [2.75, 3.05) is 19.3 Å². The second kappa shape index (κ2) is 7.60. The molecule has 0 heterocycles. The summed E-state index contributed by atoms with van der Waals surface area (Å²) >= 11 is 4.48. The zero-order valence-corrected chi connectivity index (χ0v) is 12.2. The standard InChI is InChI=1S/C14H29NS/c1-4-7-13(11-16)10-15(3)14-9-6-5-8-12(14)2/h12-14,16H,4-11H2,1-3H3. The fourth-order valence-electron chi connectivity index (χ4n) is 3.14. The van der Waals surface area contributed by atoms with Gasteiger partial charge in [-0.3, -0.25) is 0 Å². The summed E-state index contributed by atoms with van der Waals surface area (Å²) in [5, 5.41) is 0. The van der Waals surface area contributed by atoms with Crippen LogP contribution < -0.4 is 0 Å². The van der Waals surface area contributed by atoms with Crippen molar-refractivity contribution >= 4 is 12.6 Å². The van der Waals surface area contributed by atoms with Gasteiger partial charge in [0.05, 0.1) is 0 Å². The summed E-state index contributed by atoms with van der Waals surface area (Å²) in [5.41, 5.74) is 0. The van der Waals surface area contributed by atoms with Gasteiger partial charge in [-0.2, -0.15) is 12.6 Å². The molecule has 1 fully saturated rings.